The lowest BCUT2D eigenvalue weighted by Crippen LogP contribution is -2.30. The molecule has 4 rings (SSSR count). The number of aromatic nitrogens is 1. The Bertz CT molecular complexity index is 1020. The van der Waals surface area contributed by atoms with Crippen LogP contribution in [0.25, 0.3) is 6.08 Å². The van der Waals surface area contributed by atoms with Crippen LogP contribution in [0.3, 0.4) is 0 Å². The molecule has 2 aliphatic rings. The first kappa shape index (κ1) is 23.5. The van der Waals surface area contributed by atoms with E-state index in [4.69, 9.17) is 4.74 Å². The van der Waals surface area contributed by atoms with Crippen LogP contribution in [0.5, 0.6) is 5.75 Å². The van der Waals surface area contributed by atoms with E-state index in [9.17, 15) is 10.1 Å². The summed E-state index contributed by atoms with van der Waals surface area (Å²) < 4.78 is 6.52. The third-order valence-corrected chi connectivity index (χ3v) is 6.48. The molecule has 1 unspecified atom stereocenters. The minimum absolute atomic E-state index is 0.0298. The molecule has 1 N–H and O–H groups in total. The van der Waals surface area contributed by atoms with E-state index in [0.717, 1.165) is 31.4 Å². The van der Waals surface area contributed by atoms with E-state index < -0.39 is 0 Å². The molecule has 33 heavy (non-hydrogen) atoms. The number of benzene rings is 1. The molecule has 6 nitrogen and oxygen atoms in total. The zero-order valence-electron chi connectivity index (χ0n) is 18.7. The van der Waals surface area contributed by atoms with Crippen LogP contribution in [0.2, 0.25) is 0 Å². The van der Waals surface area contributed by atoms with Crippen molar-refractivity contribution in [2.24, 2.45) is 5.92 Å². The van der Waals surface area contributed by atoms with E-state index in [1.54, 1.807) is 12.1 Å². The van der Waals surface area contributed by atoms with Crippen molar-refractivity contribution in [1.29, 1.82) is 5.26 Å². The Kier molecular flexibility index (Phi) is 8.14. The first-order valence-electron chi connectivity index (χ1n) is 11.6. The van der Waals surface area contributed by atoms with Crippen LogP contribution in [0.1, 0.15) is 49.4 Å². The summed E-state index contributed by atoms with van der Waals surface area (Å²) >= 11 is 3.41. The molecule has 2 fully saturated rings. The summed E-state index contributed by atoms with van der Waals surface area (Å²) in [5.74, 6) is 0.705. The van der Waals surface area contributed by atoms with Crippen LogP contribution >= 0.6 is 15.9 Å². The van der Waals surface area contributed by atoms with Gasteiger partial charge in [0.2, 0.25) is 0 Å². The molecule has 1 aromatic carbocycles. The smallest absolute Gasteiger partial charge is 0.262 e. The minimum Gasteiger partial charge on any atom is -0.493 e. The van der Waals surface area contributed by atoms with Gasteiger partial charge in [-0.3, -0.25) is 4.79 Å². The Morgan fingerprint density at radius 3 is 2.73 bits per heavy atom. The summed E-state index contributed by atoms with van der Waals surface area (Å²) in [6, 6.07) is 15.4. The minimum atomic E-state index is -0.381. The van der Waals surface area contributed by atoms with Gasteiger partial charge in [0.1, 0.15) is 22.0 Å². The van der Waals surface area contributed by atoms with Crippen molar-refractivity contribution in [3.8, 4) is 11.8 Å². The van der Waals surface area contributed by atoms with Crippen LogP contribution in [-0.2, 0) is 4.79 Å². The number of likely N-dealkylation sites (tertiary alicyclic amines) is 1. The van der Waals surface area contributed by atoms with Gasteiger partial charge in [-0.2, -0.15) is 5.26 Å². The molecule has 1 aliphatic carbocycles. The molecular formula is C26H29BrN4O2. The highest BCUT2D eigenvalue weighted by molar-refractivity contribution is 9.10. The molecule has 0 radical (unpaired) electrons. The van der Waals surface area contributed by atoms with Crippen molar-refractivity contribution in [3.63, 3.8) is 0 Å². The molecule has 7 heteroatoms. The van der Waals surface area contributed by atoms with E-state index >= 15 is 0 Å². The Labute approximate surface area is 203 Å². The lowest BCUT2D eigenvalue weighted by molar-refractivity contribution is -0.117. The SMILES string of the molecule is N#C/C(=C\c1cc(OCCCN2CCCC2)cc(Br)n1)C(=O)NC(c1ccccc1)C1CC1. The van der Waals surface area contributed by atoms with Gasteiger partial charge < -0.3 is 15.0 Å². The summed E-state index contributed by atoms with van der Waals surface area (Å²) in [6.07, 6.45) is 7.21. The molecule has 2 heterocycles. The maximum Gasteiger partial charge on any atom is 0.262 e. The molecular weight excluding hydrogens is 480 g/mol. The monoisotopic (exact) mass is 508 g/mol. The van der Waals surface area contributed by atoms with Crippen molar-refractivity contribution in [2.45, 2.75) is 38.1 Å². The summed E-state index contributed by atoms with van der Waals surface area (Å²) in [5.41, 5.74) is 1.60. The first-order valence-corrected chi connectivity index (χ1v) is 12.4. The number of halogens is 1. The number of nitrogens with zero attached hydrogens (tertiary/aromatic N) is 3. The molecule has 1 saturated carbocycles. The highest BCUT2D eigenvalue weighted by Crippen LogP contribution is 2.41. The van der Waals surface area contributed by atoms with Crippen LogP contribution in [0, 0.1) is 17.2 Å². The maximum atomic E-state index is 12.9. The van der Waals surface area contributed by atoms with Crippen molar-refractivity contribution < 1.29 is 9.53 Å². The Morgan fingerprint density at radius 1 is 1.27 bits per heavy atom. The van der Waals surface area contributed by atoms with Gasteiger partial charge in [0.25, 0.3) is 5.91 Å². The van der Waals surface area contributed by atoms with E-state index in [1.165, 1.54) is 32.0 Å². The number of nitrogens with one attached hydrogen (secondary N) is 1. The molecule has 0 bridgehead atoms. The number of hydrogen-bond acceptors (Lipinski definition) is 5. The van der Waals surface area contributed by atoms with Gasteiger partial charge in [-0.1, -0.05) is 30.3 Å². The number of carbonyl (C=O) groups is 1. The first-order chi connectivity index (χ1) is 16.1. The van der Waals surface area contributed by atoms with Gasteiger partial charge in [0.05, 0.1) is 18.3 Å². The second kappa shape index (κ2) is 11.4. The Hall–Kier alpha value is -2.69. The topological polar surface area (TPSA) is 78.2 Å². The number of carbonyl (C=O) groups excluding carboxylic acids is 1. The number of ether oxygens (including phenoxy) is 1. The second-order valence-electron chi connectivity index (χ2n) is 8.67. The number of hydrogen-bond donors (Lipinski definition) is 1. The molecule has 0 spiro atoms. The molecule has 1 aliphatic heterocycles. The highest BCUT2D eigenvalue weighted by atomic mass is 79.9. The van der Waals surface area contributed by atoms with Crippen LogP contribution in [0.15, 0.2) is 52.6 Å². The summed E-state index contributed by atoms with van der Waals surface area (Å²) in [6.45, 7) is 4.02. The second-order valence-corrected chi connectivity index (χ2v) is 9.48. The van der Waals surface area contributed by atoms with Crippen LogP contribution < -0.4 is 10.1 Å². The fraction of sp³-hybridized carbons (Fsp3) is 0.423. The third kappa shape index (κ3) is 6.89. The standard InChI is InChI=1S/C26H29BrN4O2/c27-24-17-23(33-14-6-13-31-11-4-5-12-31)16-22(29-24)15-21(18-28)26(32)30-25(20-9-10-20)19-7-2-1-3-8-19/h1-3,7-8,15-17,20,25H,4-6,9-14H2,(H,30,32)/b21-15+. The van der Waals surface area contributed by atoms with E-state index in [0.29, 0.717) is 28.6 Å². The number of amides is 1. The predicted octanol–water partition coefficient (Wildman–Crippen LogP) is 4.88. The predicted molar refractivity (Wildman–Crippen MR) is 131 cm³/mol. The normalized spacial score (nSPS) is 17.4. The van der Waals surface area contributed by atoms with Crippen LogP contribution in [0.4, 0.5) is 0 Å². The molecule has 172 valence electrons. The average Bonchev–Trinajstić information content (AvgIpc) is 3.53. The quantitative estimate of drug-likeness (QED) is 0.214. The summed E-state index contributed by atoms with van der Waals surface area (Å²) in [7, 11) is 0. The lowest BCUT2D eigenvalue weighted by atomic mass is 10.0. The zero-order valence-corrected chi connectivity index (χ0v) is 20.3. The number of nitriles is 1. The Morgan fingerprint density at radius 2 is 2.03 bits per heavy atom. The largest absolute Gasteiger partial charge is 0.493 e. The van der Waals surface area contributed by atoms with E-state index in [-0.39, 0.29) is 17.5 Å². The van der Waals surface area contributed by atoms with E-state index in [1.807, 2.05) is 36.4 Å². The van der Waals surface area contributed by atoms with Gasteiger partial charge in [-0.05, 0) is 78.7 Å². The highest BCUT2D eigenvalue weighted by Gasteiger charge is 2.33. The van der Waals surface area contributed by atoms with Crippen molar-refractivity contribution in [3.05, 3.63) is 63.9 Å². The van der Waals surface area contributed by atoms with E-state index in [2.05, 4.69) is 31.1 Å². The fourth-order valence-electron chi connectivity index (χ4n) is 4.21. The van der Waals surface area contributed by atoms with Crippen molar-refractivity contribution in [1.82, 2.24) is 15.2 Å². The van der Waals surface area contributed by atoms with Crippen molar-refractivity contribution in [2.75, 3.05) is 26.2 Å². The van der Waals surface area contributed by atoms with Gasteiger partial charge in [-0.15, -0.1) is 0 Å². The number of rotatable bonds is 10. The van der Waals surface area contributed by atoms with Gasteiger partial charge in [-0.25, -0.2) is 4.98 Å². The molecule has 1 amide bonds. The molecule has 1 saturated heterocycles. The molecule has 1 atom stereocenters. The third-order valence-electron chi connectivity index (χ3n) is 6.07. The summed E-state index contributed by atoms with van der Waals surface area (Å²) in [5, 5.41) is 12.7. The zero-order chi connectivity index (χ0) is 23.0. The van der Waals surface area contributed by atoms with Crippen molar-refractivity contribution >= 4 is 27.9 Å². The molecule has 2 aromatic rings. The van der Waals surface area contributed by atoms with Crippen LogP contribution in [-0.4, -0.2) is 42.0 Å². The molecule has 1 aromatic heterocycles. The fourth-order valence-corrected chi connectivity index (χ4v) is 4.64. The Balaban J connectivity index is 1.40. The summed E-state index contributed by atoms with van der Waals surface area (Å²) in [4.78, 5) is 19.8. The van der Waals surface area contributed by atoms with Gasteiger partial charge in [0, 0.05) is 18.7 Å². The van der Waals surface area contributed by atoms with Gasteiger partial charge in [0.15, 0.2) is 0 Å². The number of pyridine rings is 1. The average molecular weight is 509 g/mol. The lowest BCUT2D eigenvalue weighted by Gasteiger charge is -2.18. The maximum absolute atomic E-state index is 12.9. The van der Waals surface area contributed by atoms with Gasteiger partial charge >= 0.3 is 0 Å².